The molecule has 12 nitrogen and oxygen atoms in total. The van der Waals surface area contributed by atoms with Gasteiger partial charge in [-0.25, -0.2) is 0 Å². The van der Waals surface area contributed by atoms with Gasteiger partial charge in [0.15, 0.2) is 23.1 Å². The van der Waals surface area contributed by atoms with Crippen molar-refractivity contribution in [3.8, 4) is 0 Å². The monoisotopic (exact) mass is 1620 g/mol. The van der Waals surface area contributed by atoms with Crippen LogP contribution in [0.5, 0.6) is 0 Å². The number of Topliss-reactive ketones (excluding diaryl/α,β-unsaturated/α-hetero) is 4. The summed E-state index contributed by atoms with van der Waals surface area (Å²) in [4.78, 5) is 106. The quantitative estimate of drug-likeness (QED) is 0.0471. The average Bonchev–Trinajstić information content (AvgIpc) is 1.71. The lowest BCUT2D eigenvalue weighted by molar-refractivity contribution is -0.150. The highest BCUT2D eigenvalue weighted by atomic mass is 35.5. The molecular formula is C80H96Cl4F12O12. The summed E-state index contributed by atoms with van der Waals surface area (Å²) in [6.07, 6.45) is 4.06. The molecule has 5 rings (SSSR count). The van der Waals surface area contributed by atoms with E-state index < -0.39 is 145 Å². The van der Waals surface area contributed by atoms with Crippen molar-refractivity contribution in [1.82, 2.24) is 0 Å². The lowest BCUT2D eigenvalue weighted by atomic mass is 9.95. The van der Waals surface area contributed by atoms with E-state index >= 15 is 0 Å². The van der Waals surface area contributed by atoms with Gasteiger partial charge < -0.3 is 18.9 Å². The average molecular weight is 1620 g/mol. The van der Waals surface area contributed by atoms with Crippen molar-refractivity contribution in [2.45, 2.75) is 280 Å². The van der Waals surface area contributed by atoms with Gasteiger partial charge in [-0.1, -0.05) is 144 Å². The molecule has 5 aliphatic rings. The molecule has 8 atom stereocenters. The number of ether oxygens (including phenoxy) is 4. The van der Waals surface area contributed by atoms with E-state index in [1.54, 1.807) is 97.2 Å². The maximum absolute atomic E-state index is 13.3. The van der Waals surface area contributed by atoms with Crippen LogP contribution in [0.25, 0.3) is 0 Å². The van der Waals surface area contributed by atoms with Gasteiger partial charge >= 0.3 is 48.6 Å². The van der Waals surface area contributed by atoms with Crippen molar-refractivity contribution >= 4 is 93.4 Å². The molecule has 0 radical (unpaired) electrons. The molecule has 0 aromatic carbocycles. The molecule has 0 unspecified atom stereocenters. The topological polar surface area (TPSA) is 173 Å². The SMILES string of the molecule is O=C1CCCC=CC[C@H]2C=C(Cl)C(=O)C2=CC[C@H](CCCCC(F)(F)F)OC(=O)CCCC=CC[C@H]2C=C(Cl)C(=O)C2=CC[C@H](CCCCC(F)(F)F)OC(=O)CCCC=CC[C@H]2C=C(Cl)C(=O)C2=CC[C@H](CCCCC(F)(F)F)OC(=O)CCCC=CC[C@H]2C=C(Cl)C(=O)C2=CC[C@H](CCCCC(F)(F)F)O1. The maximum atomic E-state index is 13.3. The predicted molar refractivity (Wildman–Crippen MR) is 389 cm³/mol. The van der Waals surface area contributed by atoms with Crippen LogP contribution in [0.15, 0.2) is 140 Å². The fraction of sp³-hybridized carbons (Fsp3) is 0.600. The van der Waals surface area contributed by atoms with Crippen LogP contribution in [-0.2, 0) is 57.3 Å². The summed E-state index contributed by atoms with van der Waals surface area (Å²) in [6, 6.07) is 0. The molecule has 0 aromatic rings. The molecule has 0 fully saturated rings. The minimum Gasteiger partial charge on any atom is -0.462 e. The van der Waals surface area contributed by atoms with E-state index in [-0.39, 0.29) is 222 Å². The third-order valence-corrected chi connectivity index (χ3v) is 19.9. The van der Waals surface area contributed by atoms with Crippen LogP contribution in [0.2, 0.25) is 0 Å². The molecule has 0 spiro atoms. The van der Waals surface area contributed by atoms with Crippen LogP contribution in [-0.4, -0.2) is 96.1 Å². The summed E-state index contributed by atoms with van der Waals surface area (Å²) in [5, 5.41) is -0.226. The number of fused-ring (bicyclic) bond motifs is 4. The predicted octanol–water partition coefficient (Wildman–Crippen LogP) is 23.2. The van der Waals surface area contributed by atoms with Crippen molar-refractivity contribution in [3.05, 3.63) is 140 Å². The standard InChI is InChI=1S/C80H96Cl4F12O12/c81-65-49-53-25-9-1-5-13-33-69(97)105-57(29-17-21-45-77(85,86)87)38-42-62-54(50-66(82)74(62)102)26-10-3-7-15-35-71(99)107-59(31-19-23-47-79(91,92)93)40-44-64-56(52-68(84)76(64)104)28-12-4-8-16-36-72(100)108-60(32-20-24-48-80(94,95)96)39-43-63-55(51-67(83)75(63)103)27-11-2-6-14-34-70(98)106-58(37-41-61(53)73(65)101)30-18-22-46-78(88,89)90/h1-4,9-12,41-44,49-60H,5-8,13-40,45-48H2/t53-,54-,55-,56-,57-,58-,59-,60-/m0/s1. The molecule has 108 heavy (non-hydrogen) atoms. The number of carbonyl (C=O) groups is 8. The zero-order valence-electron chi connectivity index (χ0n) is 60.3. The fourth-order valence-electron chi connectivity index (χ4n) is 13.0. The smallest absolute Gasteiger partial charge is 0.389 e. The Hall–Kier alpha value is -6.24. The zero-order chi connectivity index (χ0) is 79.5. The number of rotatable bonds is 16. The molecule has 1 aliphatic heterocycles. The number of unbranched alkanes of at least 4 members (excludes halogenated alkanes) is 4. The normalized spacial score (nSPS) is 24.9. The molecule has 1 heterocycles. The lowest BCUT2D eigenvalue weighted by Crippen LogP contribution is -2.19. The second-order valence-corrected chi connectivity index (χ2v) is 29.3. The van der Waals surface area contributed by atoms with E-state index in [0.717, 1.165) is 0 Å². The number of hydrogen-bond acceptors (Lipinski definition) is 12. The molecule has 28 heteroatoms. The van der Waals surface area contributed by atoms with Gasteiger partial charge in [-0.2, -0.15) is 52.7 Å². The minimum atomic E-state index is -4.41. The molecule has 4 aliphatic carbocycles. The molecule has 600 valence electrons. The Bertz CT molecular complexity index is 2980. The summed E-state index contributed by atoms with van der Waals surface area (Å²) in [6.45, 7) is 0. The molecule has 0 amide bonds. The van der Waals surface area contributed by atoms with Crippen LogP contribution >= 0.6 is 46.4 Å². The summed E-state index contributed by atoms with van der Waals surface area (Å²) in [5.41, 5.74) is 1.15. The van der Waals surface area contributed by atoms with Crippen molar-refractivity contribution in [3.63, 3.8) is 0 Å². The molecular weight excluding hydrogens is 1520 g/mol. The van der Waals surface area contributed by atoms with Gasteiger partial charge in [0.1, 0.15) is 24.4 Å². The third-order valence-electron chi connectivity index (χ3n) is 18.7. The number of halogens is 16. The summed E-state index contributed by atoms with van der Waals surface area (Å²) < 4.78 is 181. The third kappa shape index (κ3) is 37.2. The number of carbonyl (C=O) groups excluding carboxylic acids is 8. The summed E-state index contributed by atoms with van der Waals surface area (Å²) >= 11 is 25.3. The van der Waals surface area contributed by atoms with Gasteiger partial charge in [-0.05, 0) is 154 Å². The first-order valence-corrected chi connectivity index (χ1v) is 38.7. The van der Waals surface area contributed by atoms with E-state index in [1.807, 2.05) is 0 Å². The van der Waals surface area contributed by atoms with Gasteiger partial charge in [-0.3, -0.25) is 38.4 Å². The lowest BCUT2D eigenvalue weighted by Gasteiger charge is -2.18. The molecule has 0 saturated heterocycles. The number of allylic oxidation sites excluding steroid dienone is 20. The van der Waals surface area contributed by atoms with Gasteiger partial charge in [0.25, 0.3) is 0 Å². The summed E-state index contributed by atoms with van der Waals surface area (Å²) in [5.74, 6) is -6.53. The van der Waals surface area contributed by atoms with Gasteiger partial charge in [-0.15, -0.1) is 0 Å². The molecule has 0 aromatic heterocycles. The van der Waals surface area contributed by atoms with E-state index in [9.17, 15) is 91.0 Å². The molecule has 0 saturated carbocycles. The number of cyclic esters (lactones) is 4. The van der Waals surface area contributed by atoms with Crippen molar-refractivity contribution in [1.29, 1.82) is 0 Å². The Morgan fingerprint density at radius 3 is 0.667 bits per heavy atom. The Morgan fingerprint density at radius 1 is 0.287 bits per heavy atom. The first-order valence-electron chi connectivity index (χ1n) is 37.2. The Morgan fingerprint density at radius 2 is 0.481 bits per heavy atom. The molecule has 0 N–H and O–H groups in total. The van der Waals surface area contributed by atoms with Crippen LogP contribution in [0.3, 0.4) is 0 Å². The Labute approximate surface area is 643 Å². The fourth-order valence-corrected chi connectivity index (χ4v) is 14.0. The number of hydrogen-bond donors (Lipinski definition) is 0. The van der Waals surface area contributed by atoms with Gasteiger partial charge in [0.2, 0.25) is 0 Å². The first kappa shape index (κ1) is 92.4. The van der Waals surface area contributed by atoms with Crippen molar-refractivity contribution < 1.29 is 110 Å². The van der Waals surface area contributed by atoms with Crippen LogP contribution in [0, 0.1) is 23.7 Å². The number of ketones is 4. The van der Waals surface area contributed by atoms with Gasteiger partial charge in [0.05, 0.1) is 20.1 Å². The van der Waals surface area contributed by atoms with Crippen molar-refractivity contribution in [2.24, 2.45) is 23.7 Å². The zero-order valence-corrected chi connectivity index (χ0v) is 63.3. The second kappa shape index (κ2) is 47.2. The van der Waals surface area contributed by atoms with E-state index in [0.29, 0.717) is 25.7 Å². The van der Waals surface area contributed by atoms with Crippen LogP contribution < -0.4 is 0 Å². The Balaban J connectivity index is 1.34. The first-order chi connectivity index (χ1) is 51.0. The van der Waals surface area contributed by atoms with E-state index in [2.05, 4.69) is 0 Å². The maximum Gasteiger partial charge on any atom is 0.389 e. The molecule has 0 bridgehead atoms. The minimum absolute atomic E-state index is 0.0128. The number of alkyl halides is 12. The highest BCUT2D eigenvalue weighted by molar-refractivity contribution is 6.47. The largest absolute Gasteiger partial charge is 0.462 e. The van der Waals surface area contributed by atoms with Crippen LogP contribution in [0.1, 0.15) is 231 Å². The Kier molecular flexibility index (Phi) is 40.4. The van der Waals surface area contributed by atoms with E-state index in [1.165, 1.54) is 0 Å². The van der Waals surface area contributed by atoms with E-state index in [4.69, 9.17) is 65.4 Å². The second-order valence-electron chi connectivity index (χ2n) is 27.7. The highest BCUT2D eigenvalue weighted by Crippen LogP contribution is 2.38. The highest BCUT2D eigenvalue weighted by Gasteiger charge is 2.35. The van der Waals surface area contributed by atoms with Gasteiger partial charge in [0, 0.05) is 123 Å². The number of esters is 4. The van der Waals surface area contributed by atoms with Crippen LogP contribution in [0.4, 0.5) is 52.7 Å². The summed E-state index contributed by atoms with van der Waals surface area (Å²) in [7, 11) is 0. The van der Waals surface area contributed by atoms with Crippen molar-refractivity contribution in [2.75, 3.05) is 0 Å².